The molecule has 134 valence electrons. The van der Waals surface area contributed by atoms with Crippen molar-refractivity contribution in [3.8, 4) is 17.2 Å². The molecule has 1 fully saturated rings. The van der Waals surface area contributed by atoms with Gasteiger partial charge in [0.15, 0.2) is 11.5 Å². The lowest BCUT2D eigenvalue weighted by molar-refractivity contribution is 0.174. The molecule has 0 atom stereocenters. The van der Waals surface area contributed by atoms with Crippen LogP contribution in [0, 0.1) is 20.8 Å². The van der Waals surface area contributed by atoms with Gasteiger partial charge in [0.05, 0.1) is 5.52 Å². The van der Waals surface area contributed by atoms with Crippen LogP contribution < -0.4 is 14.2 Å². The SMILES string of the molecule is Cc1cc(OCc2ccc3c(c2)OCO3)c2c(n1)c(C)c(C)n2C1CC1. The molecule has 3 aromatic rings. The van der Waals surface area contributed by atoms with Crippen LogP contribution in [0.2, 0.25) is 0 Å². The first-order chi connectivity index (χ1) is 12.6. The van der Waals surface area contributed by atoms with Crippen molar-refractivity contribution in [1.29, 1.82) is 0 Å². The summed E-state index contributed by atoms with van der Waals surface area (Å²) in [6, 6.07) is 8.59. The zero-order chi connectivity index (χ0) is 17.8. The Morgan fingerprint density at radius 1 is 1.12 bits per heavy atom. The first kappa shape index (κ1) is 15.6. The van der Waals surface area contributed by atoms with Gasteiger partial charge in [-0.2, -0.15) is 0 Å². The van der Waals surface area contributed by atoms with E-state index in [9.17, 15) is 0 Å². The third-order valence-electron chi connectivity index (χ3n) is 5.33. The molecule has 26 heavy (non-hydrogen) atoms. The van der Waals surface area contributed by atoms with E-state index in [0.717, 1.165) is 39.5 Å². The van der Waals surface area contributed by atoms with Crippen LogP contribution in [0.15, 0.2) is 24.3 Å². The van der Waals surface area contributed by atoms with E-state index < -0.39 is 0 Å². The number of rotatable bonds is 4. The summed E-state index contributed by atoms with van der Waals surface area (Å²) < 4.78 is 19.5. The molecule has 0 spiro atoms. The van der Waals surface area contributed by atoms with Crippen LogP contribution in [-0.4, -0.2) is 16.3 Å². The van der Waals surface area contributed by atoms with E-state index in [1.54, 1.807) is 0 Å². The number of aromatic nitrogens is 2. The van der Waals surface area contributed by atoms with Gasteiger partial charge in [0, 0.05) is 23.5 Å². The summed E-state index contributed by atoms with van der Waals surface area (Å²) in [5, 5.41) is 0. The van der Waals surface area contributed by atoms with Crippen LogP contribution in [0.5, 0.6) is 17.2 Å². The molecule has 1 aliphatic carbocycles. The fraction of sp³-hybridized carbons (Fsp3) is 0.381. The maximum absolute atomic E-state index is 6.28. The summed E-state index contributed by atoms with van der Waals surface area (Å²) in [4.78, 5) is 4.79. The zero-order valence-corrected chi connectivity index (χ0v) is 15.3. The molecule has 5 heteroatoms. The van der Waals surface area contributed by atoms with Crippen LogP contribution in [0.25, 0.3) is 11.0 Å². The summed E-state index contributed by atoms with van der Waals surface area (Å²) >= 11 is 0. The van der Waals surface area contributed by atoms with Gasteiger partial charge < -0.3 is 18.8 Å². The van der Waals surface area contributed by atoms with Gasteiger partial charge in [-0.1, -0.05) is 6.07 Å². The van der Waals surface area contributed by atoms with E-state index in [0.29, 0.717) is 12.6 Å². The van der Waals surface area contributed by atoms with Gasteiger partial charge in [0.1, 0.15) is 17.9 Å². The maximum Gasteiger partial charge on any atom is 0.231 e. The van der Waals surface area contributed by atoms with Gasteiger partial charge in [-0.05, 0) is 56.9 Å². The summed E-state index contributed by atoms with van der Waals surface area (Å²) in [6.07, 6.45) is 2.47. The predicted molar refractivity (Wildman–Crippen MR) is 99.1 cm³/mol. The molecule has 1 aromatic carbocycles. The smallest absolute Gasteiger partial charge is 0.231 e. The van der Waals surface area contributed by atoms with E-state index >= 15 is 0 Å². The minimum absolute atomic E-state index is 0.289. The molecule has 1 saturated carbocycles. The van der Waals surface area contributed by atoms with Crippen molar-refractivity contribution < 1.29 is 14.2 Å². The molecule has 5 nitrogen and oxygen atoms in total. The average Bonchev–Trinajstić information content (AvgIpc) is 3.30. The molecule has 1 aliphatic heterocycles. The number of hydrogen-bond donors (Lipinski definition) is 0. The highest BCUT2D eigenvalue weighted by atomic mass is 16.7. The Balaban J connectivity index is 1.53. The molecule has 0 radical (unpaired) electrons. The molecule has 0 amide bonds. The topological polar surface area (TPSA) is 45.5 Å². The summed E-state index contributed by atoms with van der Waals surface area (Å²) in [7, 11) is 0. The van der Waals surface area contributed by atoms with Crippen molar-refractivity contribution in [2.45, 2.75) is 46.3 Å². The third kappa shape index (κ3) is 2.42. The Morgan fingerprint density at radius 2 is 1.92 bits per heavy atom. The van der Waals surface area contributed by atoms with Crippen molar-refractivity contribution in [3.63, 3.8) is 0 Å². The second-order valence-corrected chi connectivity index (χ2v) is 7.25. The van der Waals surface area contributed by atoms with Gasteiger partial charge in [-0.15, -0.1) is 0 Å². The number of pyridine rings is 1. The third-order valence-corrected chi connectivity index (χ3v) is 5.33. The lowest BCUT2D eigenvalue weighted by atomic mass is 10.2. The largest absolute Gasteiger partial charge is 0.487 e. The standard InChI is InChI=1S/C21H22N2O3/c1-12-8-19(24-10-15-4-7-17-18(9-15)26-11-25-17)21-20(22-12)13(2)14(3)23(21)16-5-6-16/h4,7-9,16H,5-6,10-11H2,1-3H3. The number of hydrogen-bond acceptors (Lipinski definition) is 4. The lowest BCUT2D eigenvalue weighted by Gasteiger charge is -2.13. The van der Waals surface area contributed by atoms with Gasteiger partial charge >= 0.3 is 0 Å². The number of aryl methyl sites for hydroxylation is 2. The van der Waals surface area contributed by atoms with Gasteiger partial charge in [-0.3, -0.25) is 4.98 Å². The van der Waals surface area contributed by atoms with Gasteiger partial charge in [-0.25, -0.2) is 0 Å². The Morgan fingerprint density at radius 3 is 2.73 bits per heavy atom. The van der Waals surface area contributed by atoms with Crippen molar-refractivity contribution in [3.05, 3.63) is 46.8 Å². The molecular weight excluding hydrogens is 328 g/mol. The molecule has 2 aromatic heterocycles. The van der Waals surface area contributed by atoms with Crippen molar-refractivity contribution in [1.82, 2.24) is 9.55 Å². The molecule has 3 heterocycles. The minimum atomic E-state index is 0.289. The minimum Gasteiger partial charge on any atom is -0.487 e. The van der Waals surface area contributed by atoms with Crippen molar-refractivity contribution >= 4 is 11.0 Å². The second-order valence-electron chi connectivity index (χ2n) is 7.25. The first-order valence-electron chi connectivity index (χ1n) is 9.12. The zero-order valence-electron chi connectivity index (χ0n) is 15.3. The molecule has 2 aliphatic rings. The van der Waals surface area contributed by atoms with Crippen LogP contribution in [0.1, 0.15) is 41.4 Å². The van der Waals surface area contributed by atoms with E-state index in [2.05, 4.69) is 18.4 Å². The average molecular weight is 350 g/mol. The molecule has 5 rings (SSSR count). The highest BCUT2D eigenvalue weighted by molar-refractivity contribution is 5.87. The second kappa shape index (κ2) is 5.66. The van der Waals surface area contributed by atoms with E-state index in [-0.39, 0.29) is 6.79 Å². The molecule has 0 unspecified atom stereocenters. The van der Waals surface area contributed by atoms with Gasteiger partial charge in [0.25, 0.3) is 0 Å². The normalized spacial score (nSPS) is 15.7. The quantitative estimate of drug-likeness (QED) is 0.690. The Bertz CT molecular complexity index is 1020. The van der Waals surface area contributed by atoms with Crippen LogP contribution in [0.4, 0.5) is 0 Å². The summed E-state index contributed by atoms with van der Waals surface area (Å²) in [5.41, 5.74) is 6.80. The monoisotopic (exact) mass is 350 g/mol. The summed E-state index contributed by atoms with van der Waals surface area (Å²) in [6.45, 7) is 7.15. The van der Waals surface area contributed by atoms with Crippen LogP contribution in [-0.2, 0) is 6.61 Å². The molecular formula is C21H22N2O3. The molecule has 0 saturated heterocycles. The van der Waals surface area contributed by atoms with Crippen molar-refractivity contribution in [2.24, 2.45) is 0 Å². The van der Waals surface area contributed by atoms with Gasteiger partial charge in [0.2, 0.25) is 6.79 Å². The number of ether oxygens (including phenoxy) is 3. The van der Waals surface area contributed by atoms with Crippen LogP contribution in [0.3, 0.4) is 0 Å². The van der Waals surface area contributed by atoms with E-state index in [4.69, 9.17) is 19.2 Å². The number of fused-ring (bicyclic) bond motifs is 2. The molecule has 0 bridgehead atoms. The Labute approximate surface area is 152 Å². The van der Waals surface area contributed by atoms with E-state index in [1.165, 1.54) is 24.1 Å². The van der Waals surface area contributed by atoms with Crippen molar-refractivity contribution in [2.75, 3.05) is 6.79 Å². The van der Waals surface area contributed by atoms with Crippen LogP contribution >= 0.6 is 0 Å². The predicted octanol–water partition coefficient (Wildman–Crippen LogP) is 4.60. The highest BCUT2D eigenvalue weighted by Gasteiger charge is 2.29. The lowest BCUT2D eigenvalue weighted by Crippen LogP contribution is -2.02. The number of nitrogens with zero attached hydrogens (tertiary/aromatic N) is 2. The Kier molecular flexibility index (Phi) is 3.39. The first-order valence-corrected chi connectivity index (χ1v) is 9.12. The van der Waals surface area contributed by atoms with E-state index in [1.807, 2.05) is 31.2 Å². The number of benzene rings is 1. The fourth-order valence-corrected chi connectivity index (χ4v) is 3.74. The molecule has 0 N–H and O–H groups in total. The Hall–Kier alpha value is -2.69. The maximum atomic E-state index is 6.28. The highest BCUT2D eigenvalue weighted by Crippen LogP contribution is 2.43. The fourth-order valence-electron chi connectivity index (χ4n) is 3.74. The summed E-state index contributed by atoms with van der Waals surface area (Å²) in [5.74, 6) is 2.49.